The lowest BCUT2D eigenvalue weighted by Crippen LogP contribution is -2.44. The molecule has 1 saturated heterocycles. The number of amides is 1. The van der Waals surface area contributed by atoms with Crippen LogP contribution >= 0.6 is 0 Å². The second-order valence-corrected chi connectivity index (χ2v) is 7.92. The highest BCUT2D eigenvalue weighted by Crippen LogP contribution is 2.22. The molecule has 1 amide bonds. The fourth-order valence-corrected chi connectivity index (χ4v) is 4.39. The van der Waals surface area contributed by atoms with Crippen molar-refractivity contribution >= 4 is 21.6 Å². The van der Waals surface area contributed by atoms with Crippen LogP contribution in [0.1, 0.15) is 32.6 Å². The lowest BCUT2D eigenvalue weighted by Gasteiger charge is -2.31. The first-order valence-corrected chi connectivity index (χ1v) is 9.58. The van der Waals surface area contributed by atoms with Crippen LogP contribution < -0.4 is 5.32 Å². The van der Waals surface area contributed by atoms with Gasteiger partial charge in [-0.05, 0) is 31.4 Å². The third-order valence-corrected chi connectivity index (χ3v) is 5.96. The van der Waals surface area contributed by atoms with Crippen LogP contribution in [0.2, 0.25) is 0 Å². The highest BCUT2D eigenvalue weighted by Gasteiger charge is 2.32. The Morgan fingerprint density at radius 3 is 2.83 bits per heavy atom. The summed E-state index contributed by atoms with van der Waals surface area (Å²) in [7, 11) is -3.31. The van der Waals surface area contributed by atoms with E-state index in [0.29, 0.717) is 25.8 Å². The van der Waals surface area contributed by atoms with E-state index in [-0.39, 0.29) is 23.9 Å². The highest BCUT2D eigenvalue weighted by atomic mass is 32.2. The quantitative estimate of drug-likeness (QED) is 0.864. The number of para-hydroxylation sites is 1. The van der Waals surface area contributed by atoms with Crippen LogP contribution in [0.3, 0.4) is 0 Å². The topological polar surface area (TPSA) is 66.5 Å². The second-order valence-electron chi connectivity index (χ2n) is 5.84. The average molecular weight is 342 g/mol. The zero-order valence-corrected chi connectivity index (χ0v) is 14.1. The van der Waals surface area contributed by atoms with Gasteiger partial charge in [-0.2, -0.15) is 0 Å². The molecule has 1 N–H and O–H groups in total. The molecule has 1 atom stereocenters. The maximum absolute atomic E-state index is 13.6. The Labute approximate surface area is 136 Å². The Balaban J connectivity index is 2.00. The summed E-state index contributed by atoms with van der Waals surface area (Å²) in [5, 5.41) is 2.56. The number of carbonyl (C=O) groups excluding carboxylic acids is 1. The molecule has 1 heterocycles. The van der Waals surface area contributed by atoms with E-state index in [1.54, 1.807) is 12.1 Å². The smallest absolute Gasteiger partial charge is 0.228 e. The van der Waals surface area contributed by atoms with Crippen molar-refractivity contribution in [2.45, 2.75) is 32.6 Å². The first kappa shape index (κ1) is 17.9. The molecule has 1 aliphatic rings. The largest absolute Gasteiger partial charge is 0.323 e. The van der Waals surface area contributed by atoms with Gasteiger partial charge in [0.15, 0.2) is 0 Å². The van der Waals surface area contributed by atoms with Crippen molar-refractivity contribution in [3.8, 4) is 0 Å². The summed E-state index contributed by atoms with van der Waals surface area (Å²) in [5.74, 6) is -1.15. The maximum atomic E-state index is 13.6. The van der Waals surface area contributed by atoms with Gasteiger partial charge in [-0.25, -0.2) is 17.1 Å². The number of nitrogens with one attached hydrogen (secondary N) is 1. The van der Waals surface area contributed by atoms with E-state index in [2.05, 4.69) is 5.32 Å². The summed E-state index contributed by atoms with van der Waals surface area (Å²) in [4.78, 5) is 12.3. The van der Waals surface area contributed by atoms with E-state index in [0.717, 1.165) is 6.42 Å². The highest BCUT2D eigenvalue weighted by molar-refractivity contribution is 7.89. The summed E-state index contributed by atoms with van der Waals surface area (Å²) in [6.07, 6.45) is 2.68. The number of hydrogen-bond acceptors (Lipinski definition) is 3. The van der Waals surface area contributed by atoms with Crippen molar-refractivity contribution in [1.82, 2.24) is 4.31 Å². The minimum Gasteiger partial charge on any atom is -0.323 e. The molecule has 23 heavy (non-hydrogen) atoms. The molecule has 1 aromatic rings. The minimum atomic E-state index is -3.31. The van der Waals surface area contributed by atoms with Crippen molar-refractivity contribution in [3.63, 3.8) is 0 Å². The van der Waals surface area contributed by atoms with Gasteiger partial charge >= 0.3 is 0 Å². The monoisotopic (exact) mass is 342 g/mol. The van der Waals surface area contributed by atoms with E-state index in [9.17, 15) is 17.6 Å². The summed E-state index contributed by atoms with van der Waals surface area (Å²) in [5.41, 5.74) is 0.128. The third kappa shape index (κ3) is 4.75. The summed E-state index contributed by atoms with van der Waals surface area (Å²) in [6.45, 7) is 2.57. The van der Waals surface area contributed by atoms with Crippen LogP contribution in [-0.4, -0.2) is 37.5 Å². The number of carbonyl (C=O) groups is 1. The summed E-state index contributed by atoms with van der Waals surface area (Å²) < 4.78 is 39.5. The number of hydrogen-bond donors (Lipinski definition) is 1. The average Bonchev–Trinajstić information content (AvgIpc) is 2.55. The minimum absolute atomic E-state index is 0.116. The van der Waals surface area contributed by atoms with Gasteiger partial charge < -0.3 is 5.32 Å². The lowest BCUT2D eigenvalue weighted by molar-refractivity contribution is -0.120. The number of anilines is 1. The number of rotatable bonds is 6. The van der Waals surface area contributed by atoms with Gasteiger partial charge in [0.05, 0.1) is 17.4 Å². The number of unbranched alkanes of at least 4 members (excludes halogenated alkanes) is 1. The number of nitrogens with zero attached hydrogens (tertiary/aromatic N) is 1. The van der Waals surface area contributed by atoms with Crippen LogP contribution in [0, 0.1) is 11.7 Å². The Kier molecular flexibility index (Phi) is 6.12. The maximum Gasteiger partial charge on any atom is 0.228 e. The predicted molar refractivity (Wildman–Crippen MR) is 88.0 cm³/mol. The molecule has 0 radical (unpaired) electrons. The Bertz CT molecular complexity index is 648. The van der Waals surface area contributed by atoms with Gasteiger partial charge in [-0.3, -0.25) is 4.79 Å². The summed E-state index contributed by atoms with van der Waals surface area (Å²) in [6, 6.07) is 5.96. The van der Waals surface area contributed by atoms with Crippen LogP contribution in [0.5, 0.6) is 0 Å². The van der Waals surface area contributed by atoms with Gasteiger partial charge in [0.25, 0.3) is 0 Å². The van der Waals surface area contributed by atoms with E-state index >= 15 is 0 Å². The molecular weight excluding hydrogens is 319 g/mol. The number of benzene rings is 1. The zero-order valence-electron chi connectivity index (χ0n) is 13.3. The lowest BCUT2D eigenvalue weighted by atomic mass is 9.98. The molecule has 1 aromatic carbocycles. The number of sulfonamides is 1. The van der Waals surface area contributed by atoms with E-state index in [1.165, 1.54) is 16.4 Å². The molecule has 1 aliphatic heterocycles. The van der Waals surface area contributed by atoms with Crippen LogP contribution in [0.15, 0.2) is 24.3 Å². The van der Waals surface area contributed by atoms with E-state index in [4.69, 9.17) is 0 Å². The van der Waals surface area contributed by atoms with E-state index in [1.807, 2.05) is 6.92 Å². The third-order valence-electron chi connectivity index (χ3n) is 4.04. The molecule has 128 valence electrons. The zero-order chi connectivity index (χ0) is 16.9. The number of piperidine rings is 1. The van der Waals surface area contributed by atoms with Gasteiger partial charge in [0, 0.05) is 13.1 Å². The van der Waals surface area contributed by atoms with Crippen molar-refractivity contribution in [2.75, 3.05) is 24.2 Å². The molecule has 1 fully saturated rings. The fraction of sp³-hybridized carbons (Fsp3) is 0.562. The SMILES string of the molecule is CCCCS(=O)(=O)N1CCC[C@H](C(=O)Nc2ccccc2F)C1. The standard InChI is InChI=1S/C16H23FN2O3S/c1-2-3-11-23(21,22)19-10-6-7-13(12-19)16(20)18-15-9-5-4-8-14(15)17/h4-5,8-9,13H,2-3,6-7,10-12H2,1H3,(H,18,20)/t13-/m0/s1. The second kappa shape index (κ2) is 7.88. The molecule has 0 spiro atoms. The van der Waals surface area contributed by atoms with Gasteiger partial charge in [0.2, 0.25) is 15.9 Å². The molecule has 2 rings (SSSR count). The molecule has 0 unspecified atom stereocenters. The van der Waals surface area contributed by atoms with Crippen molar-refractivity contribution in [3.05, 3.63) is 30.1 Å². The summed E-state index contributed by atoms with van der Waals surface area (Å²) >= 11 is 0. The Morgan fingerprint density at radius 2 is 2.13 bits per heavy atom. The number of halogens is 1. The first-order chi connectivity index (χ1) is 10.9. The normalized spacial score (nSPS) is 19.5. The molecule has 7 heteroatoms. The predicted octanol–water partition coefficient (Wildman–Crippen LogP) is 2.61. The van der Waals surface area contributed by atoms with Crippen LogP contribution in [0.25, 0.3) is 0 Å². The molecule has 0 aliphatic carbocycles. The van der Waals surface area contributed by atoms with Crippen molar-refractivity contribution in [1.29, 1.82) is 0 Å². The molecular formula is C16H23FN2O3S. The molecule has 0 bridgehead atoms. The van der Waals surface area contributed by atoms with Crippen molar-refractivity contribution < 1.29 is 17.6 Å². The van der Waals surface area contributed by atoms with Gasteiger partial charge in [-0.15, -0.1) is 0 Å². The van der Waals surface area contributed by atoms with Gasteiger partial charge in [0.1, 0.15) is 5.82 Å². The van der Waals surface area contributed by atoms with Crippen LogP contribution in [-0.2, 0) is 14.8 Å². The van der Waals surface area contributed by atoms with E-state index < -0.39 is 21.8 Å². The Morgan fingerprint density at radius 1 is 1.39 bits per heavy atom. The molecule has 5 nitrogen and oxygen atoms in total. The first-order valence-electron chi connectivity index (χ1n) is 7.97. The van der Waals surface area contributed by atoms with Crippen LogP contribution in [0.4, 0.5) is 10.1 Å². The molecule has 0 saturated carbocycles. The fourth-order valence-electron chi connectivity index (χ4n) is 2.66. The Hall–Kier alpha value is -1.47. The van der Waals surface area contributed by atoms with Gasteiger partial charge in [-0.1, -0.05) is 25.5 Å². The molecule has 0 aromatic heterocycles. The van der Waals surface area contributed by atoms with Crippen molar-refractivity contribution in [2.24, 2.45) is 5.92 Å².